The minimum atomic E-state index is -0.961. The van der Waals surface area contributed by atoms with E-state index < -0.39 is 11.6 Å². The van der Waals surface area contributed by atoms with Gasteiger partial charge in [-0.25, -0.2) is 4.39 Å². The Kier molecular flexibility index (Phi) is 4.81. The highest BCUT2D eigenvalue weighted by atomic mass is 79.9. The van der Waals surface area contributed by atoms with E-state index in [4.69, 9.17) is 4.42 Å². The molecule has 120 valence electrons. The van der Waals surface area contributed by atoms with Gasteiger partial charge in [-0.15, -0.1) is 0 Å². The summed E-state index contributed by atoms with van der Waals surface area (Å²) in [5.74, 6) is -1.35. The van der Waals surface area contributed by atoms with Crippen LogP contribution in [0.15, 0.2) is 45.3 Å². The van der Waals surface area contributed by atoms with Gasteiger partial charge in [0.15, 0.2) is 11.4 Å². The number of rotatable bonds is 5. The van der Waals surface area contributed by atoms with Crippen molar-refractivity contribution >= 4 is 26.9 Å². The zero-order valence-corrected chi connectivity index (χ0v) is 14.4. The smallest absolute Gasteiger partial charge is 0.203 e. The van der Waals surface area contributed by atoms with Crippen LogP contribution < -0.4 is 0 Å². The maximum Gasteiger partial charge on any atom is 0.203 e. The van der Waals surface area contributed by atoms with Gasteiger partial charge >= 0.3 is 0 Å². The highest BCUT2D eigenvalue weighted by Gasteiger charge is 2.17. The van der Waals surface area contributed by atoms with E-state index in [-0.39, 0.29) is 10.1 Å². The van der Waals surface area contributed by atoms with Gasteiger partial charge in [0.2, 0.25) is 5.82 Å². The number of aryl methyl sites for hydroxylation is 1. The van der Waals surface area contributed by atoms with Crippen LogP contribution in [0, 0.1) is 11.6 Å². The van der Waals surface area contributed by atoms with Crippen LogP contribution in [-0.4, -0.2) is 0 Å². The first-order valence-electron chi connectivity index (χ1n) is 7.76. The van der Waals surface area contributed by atoms with Gasteiger partial charge in [0.05, 0.1) is 4.47 Å². The van der Waals surface area contributed by atoms with Crippen LogP contribution in [0.25, 0.3) is 22.3 Å². The van der Waals surface area contributed by atoms with Crippen molar-refractivity contribution in [1.29, 1.82) is 0 Å². The highest BCUT2D eigenvalue weighted by Crippen LogP contribution is 2.33. The molecule has 0 N–H and O–H groups in total. The summed E-state index contributed by atoms with van der Waals surface area (Å²) in [5, 5.41) is 0.540. The molecular formula is C19H17BrF2O. The fourth-order valence-electron chi connectivity index (χ4n) is 2.65. The number of fused-ring (bicyclic) bond motifs is 1. The number of unbranched alkanes of at least 4 members (excludes halogenated alkanes) is 2. The van der Waals surface area contributed by atoms with Gasteiger partial charge < -0.3 is 4.42 Å². The monoisotopic (exact) mass is 378 g/mol. The molecule has 0 atom stereocenters. The zero-order valence-electron chi connectivity index (χ0n) is 12.8. The number of benzene rings is 2. The SMILES string of the molecule is CCCCCc1ccc(-c2cc3cc(Br)c(F)c(F)c3o2)cc1. The van der Waals surface area contributed by atoms with Crippen LogP contribution in [0.1, 0.15) is 31.7 Å². The maximum atomic E-state index is 13.9. The van der Waals surface area contributed by atoms with E-state index >= 15 is 0 Å². The second-order valence-corrected chi connectivity index (χ2v) is 6.52. The normalized spacial score (nSPS) is 11.3. The molecule has 0 unspecified atom stereocenters. The van der Waals surface area contributed by atoms with Crippen molar-refractivity contribution in [3.05, 3.63) is 58.1 Å². The van der Waals surface area contributed by atoms with Crippen LogP contribution in [0.4, 0.5) is 8.78 Å². The molecule has 4 heteroatoms. The van der Waals surface area contributed by atoms with Gasteiger partial charge in [-0.1, -0.05) is 44.0 Å². The molecule has 0 fully saturated rings. The minimum absolute atomic E-state index is 0.0484. The predicted octanol–water partition coefficient (Wildman–Crippen LogP) is 6.87. The topological polar surface area (TPSA) is 13.1 Å². The van der Waals surface area contributed by atoms with Gasteiger partial charge in [0, 0.05) is 10.9 Å². The molecule has 1 nitrogen and oxygen atoms in total. The third kappa shape index (κ3) is 3.32. The van der Waals surface area contributed by atoms with Gasteiger partial charge in [-0.2, -0.15) is 4.39 Å². The van der Waals surface area contributed by atoms with Crippen molar-refractivity contribution in [3.8, 4) is 11.3 Å². The molecule has 1 aromatic heterocycles. The van der Waals surface area contributed by atoms with E-state index in [0.29, 0.717) is 11.1 Å². The highest BCUT2D eigenvalue weighted by molar-refractivity contribution is 9.10. The molecule has 3 aromatic rings. The van der Waals surface area contributed by atoms with Crippen molar-refractivity contribution in [2.24, 2.45) is 0 Å². The first-order valence-corrected chi connectivity index (χ1v) is 8.55. The summed E-state index contributed by atoms with van der Waals surface area (Å²) in [6.07, 6.45) is 4.67. The largest absolute Gasteiger partial charge is 0.453 e. The van der Waals surface area contributed by atoms with Crippen molar-refractivity contribution in [2.75, 3.05) is 0 Å². The lowest BCUT2D eigenvalue weighted by atomic mass is 10.0. The van der Waals surface area contributed by atoms with Crippen molar-refractivity contribution in [1.82, 2.24) is 0 Å². The number of furan rings is 1. The Bertz CT molecular complexity index is 821. The Morgan fingerprint density at radius 3 is 2.43 bits per heavy atom. The first-order chi connectivity index (χ1) is 11.1. The fraction of sp³-hybridized carbons (Fsp3) is 0.263. The predicted molar refractivity (Wildman–Crippen MR) is 92.5 cm³/mol. The Morgan fingerprint density at radius 2 is 1.74 bits per heavy atom. The fourth-order valence-corrected chi connectivity index (χ4v) is 3.07. The van der Waals surface area contributed by atoms with Crippen LogP contribution in [-0.2, 0) is 6.42 Å². The van der Waals surface area contributed by atoms with Gasteiger partial charge in [0.25, 0.3) is 0 Å². The van der Waals surface area contributed by atoms with Crippen LogP contribution in [0.5, 0.6) is 0 Å². The zero-order chi connectivity index (χ0) is 16.4. The van der Waals surface area contributed by atoms with Crippen LogP contribution >= 0.6 is 15.9 Å². The second-order valence-electron chi connectivity index (χ2n) is 5.67. The van der Waals surface area contributed by atoms with Gasteiger partial charge in [-0.05, 0) is 46.5 Å². The molecule has 0 amide bonds. The van der Waals surface area contributed by atoms with E-state index in [1.165, 1.54) is 30.9 Å². The van der Waals surface area contributed by atoms with Crippen molar-refractivity contribution in [3.63, 3.8) is 0 Å². The summed E-state index contributed by atoms with van der Waals surface area (Å²) in [4.78, 5) is 0. The first kappa shape index (κ1) is 16.2. The molecule has 1 heterocycles. The quantitative estimate of drug-likeness (QED) is 0.348. The lowest BCUT2D eigenvalue weighted by Gasteiger charge is -2.02. The Hall–Kier alpha value is -1.68. The van der Waals surface area contributed by atoms with Crippen molar-refractivity contribution < 1.29 is 13.2 Å². The minimum Gasteiger partial charge on any atom is -0.453 e. The third-order valence-corrected chi connectivity index (χ3v) is 4.53. The molecule has 3 rings (SSSR count). The third-order valence-electron chi connectivity index (χ3n) is 3.95. The molecule has 2 aromatic carbocycles. The molecule has 0 spiro atoms. The molecule has 0 aliphatic rings. The van der Waals surface area contributed by atoms with Crippen LogP contribution in [0.3, 0.4) is 0 Å². The van der Waals surface area contributed by atoms with E-state index in [1.807, 2.05) is 12.1 Å². The summed E-state index contributed by atoms with van der Waals surface area (Å²) >= 11 is 3.02. The Morgan fingerprint density at radius 1 is 1.00 bits per heavy atom. The number of hydrogen-bond donors (Lipinski definition) is 0. The molecule has 0 saturated carbocycles. The molecular weight excluding hydrogens is 362 g/mol. The number of halogens is 3. The number of hydrogen-bond acceptors (Lipinski definition) is 1. The van der Waals surface area contributed by atoms with E-state index in [0.717, 1.165) is 12.0 Å². The summed E-state index contributed by atoms with van der Waals surface area (Å²) in [6.45, 7) is 2.19. The summed E-state index contributed by atoms with van der Waals surface area (Å²) < 4.78 is 33.1. The molecule has 0 aliphatic carbocycles. The lowest BCUT2D eigenvalue weighted by Crippen LogP contribution is -1.85. The van der Waals surface area contributed by atoms with Crippen molar-refractivity contribution in [2.45, 2.75) is 32.6 Å². The summed E-state index contributed by atoms with van der Waals surface area (Å²) in [6, 6.07) is 11.3. The van der Waals surface area contributed by atoms with Gasteiger partial charge in [0.1, 0.15) is 5.76 Å². The summed E-state index contributed by atoms with van der Waals surface area (Å²) in [5.41, 5.74) is 2.09. The lowest BCUT2D eigenvalue weighted by molar-refractivity contribution is 0.490. The maximum absolute atomic E-state index is 13.9. The molecule has 23 heavy (non-hydrogen) atoms. The van der Waals surface area contributed by atoms with E-state index in [1.54, 1.807) is 6.07 Å². The second kappa shape index (κ2) is 6.83. The molecule has 0 bridgehead atoms. The average Bonchev–Trinajstić information content (AvgIpc) is 2.98. The molecule has 0 radical (unpaired) electrons. The van der Waals surface area contributed by atoms with Gasteiger partial charge in [-0.3, -0.25) is 0 Å². The Labute approximate surface area is 142 Å². The molecule has 0 aliphatic heterocycles. The van der Waals surface area contributed by atoms with Crippen LogP contribution in [0.2, 0.25) is 0 Å². The Balaban J connectivity index is 1.90. The summed E-state index contributed by atoms with van der Waals surface area (Å²) in [7, 11) is 0. The van der Waals surface area contributed by atoms with E-state index in [2.05, 4.69) is 35.0 Å². The average molecular weight is 379 g/mol. The van der Waals surface area contributed by atoms with E-state index in [9.17, 15) is 8.78 Å². The molecule has 0 saturated heterocycles. The standard InChI is InChI=1S/C19H17BrF2O/c1-2-3-4-5-12-6-8-13(9-7-12)16-11-14-10-15(20)17(21)18(22)19(14)23-16/h6-11H,2-5H2,1H3.